The van der Waals surface area contributed by atoms with Crippen LogP contribution in [0.5, 0.6) is 0 Å². The third kappa shape index (κ3) is 4.33. The highest BCUT2D eigenvalue weighted by Crippen LogP contribution is 2.44. The van der Waals surface area contributed by atoms with Crippen molar-refractivity contribution in [3.05, 3.63) is 199 Å². The third-order valence-electron chi connectivity index (χ3n) is 11.1. The summed E-state index contributed by atoms with van der Waals surface area (Å²) in [6.45, 7) is 16.3. The van der Waals surface area contributed by atoms with E-state index in [1.165, 1.54) is 21.5 Å². The molecule has 0 radical (unpaired) electrons. The summed E-state index contributed by atoms with van der Waals surface area (Å²) in [5, 5.41) is 6.70. The summed E-state index contributed by atoms with van der Waals surface area (Å²) in [6.07, 6.45) is 0. The molecule has 254 valence electrons. The van der Waals surface area contributed by atoms with Crippen molar-refractivity contribution in [1.82, 2.24) is 13.7 Å². The molecule has 0 saturated heterocycles. The van der Waals surface area contributed by atoms with Crippen LogP contribution in [0.15, 0.2) is 176 Å². The number of nitrogens with zero attached hydrogens (tertiary/aromatic N) is 5. The molecule has 0 aliphatic heterocycles. The minimum atomic E-state index is 0.538. The summed E-state index contributed by atoms with van der Waals surface area (Å²) in [5.74, 6) is 0. The van der Waals surface area contributed by atoms with Gasteiger partial charge in [-0.2, -0.15) is 0 Å². The fourth-order valence-corrected chi connectivity index (χ4v) is 8.85. The molecule has 0 aliphatic carbocycles. The van der Waals surface area contributed by atoms with Crippen LogP contribution in [0.25, 0.3) is 103 Å². The molecule has 55 heavy (non-hydrogen) atoms. The van der Waals surface area contributed by atoms with Crippen LogP contribution in [0, 0.1) is 13.1 Å². The number of para-hydroxylation sites is 6. The van der Waals surface area contributed by atoms with E-state index >= 15 is 0 Å². The lowest BCUT2D eigenvalue weighted by Crippen LogP contribution is -2.02. The molecule has 8 aromatic carbocycles. The zero-order valence-corrected chi connectivity index (χ0v) is 29.5. The fraction of sp³-hybridized carbons (Fsp3) is 0. The van der Waals surface area contributed by atoms with Crippen LogP contribution in [0.1, 0.15) is 0 Å². The molecule has 5 heteroatoms. The monoisotopic (exact) mass is 699 g/mol. The molecule has 5 nitrogen and oxygen atoms in total. The number of rotatable bonds is 4. The smallest absolute Gasteiger partial charge is 0.211 e. The lowest BCUT2D eigenvalue weighted by Gasteiger charge is -2.18. The van der Waals surface area contributed by atoms with Gasteiger partial charge in [-0.3, -0.25) is 0 Å². The highest BCUT2D eigenvalue weighted by atomic mass is 15.1. The van der Waals surface area contributed by atoms with Crippen molar-refractivity contribution in [2.75, 3.05) is 0 Å². The molecule has 0 bridgehead atoms. The second-order valence-corrected chi connectivity index (χ2v) is 13.9. The zero-order valence-electron chi connectivity index (χ0n) is 29.5. The standard InChI is InChI=1S/C50H29N5/c1-51-39-21-14-27-47-49(39)38-19-7-12-26-45(38)54(47)46-30-29-32(31-40(46)52-2)33-15-3-8-22-41(33)55-44-25-11-6-18-36(44)37-20-13-28-48(50(37)55)53-42-23-9-4-16-34(42)35-17-5-10-24-43(35)53/h3-31H. The normalized spacial score (nSPS) is 11.6. The first-order chi connectivity index (χ1) is 27.2. The van der Waals surface area contributed by atoms with Gasteiger partial charge in [0.15, 0.2) is 5.69 Å². The quantitative estimate of drug-likeness (QED) is 0.163. The van der Waals surface area contributed by atoms with Gasteiger partial charge in [-0.05, 0) is 65.5 Å². The molecule has 0 atom stereocenters. The first-order valence-corrected chi connectivity index (χ1v) is 18.3. The maximum atomic E-state index is 8.44. The largest absolute Gasteiger partial charge is 0.320 e. The average molecular weight is 700 g/mol. The molecular formula is C50H29N5. The van der Waals surface area contributed by atoms with Gasteiger partial charge in [0, 0.05) is 38.0 Å². The van der Waals surface area contributed by atoms with E-state index < -0.39 is 0 Å². The molecule has 11 rings (SSSR count). The van der Waals surface area contributed by atoms with Gasteiger partial charge in [-0.15, -0.1) is 0 Å². The van der Waals surface area contributed by atoms with Crippen molar-refractivity contribution in [1.29, 1.82) is 0 Å². The maximum Gasteiger partial charge on any atom is 0.211 e. The number of hydrogen-bond acceptors (Lipinski definition) is 0. The van der Waals surface area contributed by atoms with Gasteiger partial charge >= 0.3 is 0 Å². The van der Waals surface area contributed by atoms with Crippen LogP contribution >= 0.6 is 0 Å². The first kappa shape index (κ1) is 30.7. The predicted octanol–water partition coefficient (Wildman–Crippen LogP) is 13.7. The van der Waals surface area contributed by atoms with Crippen LogP contribution in [0.2, 0.25) is 0 Å². The van der Waals surface area contributed by atoms with Gasteiger partial charge in [0.1, 0.15) is 0 Å². The van der Waals surface area contributed by atoms with E-state index in [0.717, 1.165) is 72.1 Å². The highest BCUT2D eigenvalue weighted by Gasteiger charge is 2.22. The van der Waals surface area contributed by atoms with E-state index in [-0.39, 0.29) is 0 Å². The molecule has 0 aliphatic rings. The van der Waals surface area contributed by atoms with Gasteiger partial charge < -0.3 is 13.7 Å². The summed E-state index contributed by atoms with van der Waals surface area (Å²) >= 11 is 0. The Morgan fingerprint density at radius 2 is 0.836 bits per heavy atom. The molecule has 0 amide bonds. The SMILES string of the molecule is [C-]#[N+]c1cc(-c2ccccc2-n2c3ccccc3c3cccc(-n4c5ccccc5c5ccccc54)c32)ccc1-n1c2ccccc2c2c([N+]#[C-])cccc21. The lowest BCUT2D eigenvalue weighted by atomic mass is 10.0. The van der Waals surface area contributed by atoms with Crippen molar-refractivity contribution in [2.24, 2.45) is 0 Å². The number of benzene rings is 8. The Hall–Kier alpha value is -7.86. The van der Waals surface area contributed by atoms with Gasteiger partial charge in [0.2, 0.25) is 5.69 Å². The first-order valence-electron chi connectivity index (χ1n) is 18.3. The van der Waals surface area contributed by atoms with Crippen molar-refractivity contribution < 1.29 is 0 Å². The van der Waals surface area contributed by atoms with Crippen LogP contribution < -0.4 is 0 Å². The topological polar surface area (TPSA) is 23.5 Å². The predicted molar refractivity (Wildman–Crippen MR) is 227 cm³/mol. The van der Waals surface area contributed by atoms with Crippen LogP contribution in [-0.4, -0.2) is 13.7 Å². The molecule has 3 heterocycles. The van der Waals surface area contributed by atoms with Crippen LogP contribution in [-0.2, 0) is 0 Å². The summed E-state index contributed by atoms with van der Waals surface area (Å²) in [6, 6.07) is 61.2. The average Bonchev–Trinajstić information content (AvgIpc) is 3.89. The summed E-state index contributed by atoms with van der Waals surface area (Å²) < 4.78 is 6.94. The lowest BCUT2D eigenvalue weighted by molar-refractivity contribution is 1.13. The Bertz CT molecular complexity index is 3420. The Kier molecular flexibility index (Phi) is 6.61. The molecule has 0 spiro atoms. The number of fused-ring (bicyclic) bond motifs is 9. The molecule has 3 aromatic heterocycles. The van der Waals surface area contributed by atoms with Crippen LogP contribution in [0.4, 0.5) is 11.4 Å². The molecular weight excluding hydrogens is 671 g/mol. The van der Waals surface area contributed by atoms with Gasteiger partial charge in [-0.1, -0.05) is 121 Å². The van der Waals surface area contributed by atoms with Crippen molar-refractivity contribution in [3.63, 3.8) is 0 Å². The van der Waals surface area contributed by atoms with Crippen LogP contribution in [0.3, 0.4) is 0 Å². The second-order valence-electron chi connectivity index (χ2n) is 13.9. The maximum absolute atomic E-state index is 8.44. The zero-order chi connectivity index (χ0) is 36.6. The number of hydrogen-bond donors (Lipinski definition) is 0. The number of aromatic nitrogens is 3. The summed E-state index contributed by atoms with van der Waals surface area (Å²) in [4.78, 5) is 7.98. The minimum Gasteiger partial charge on any atom is -0.320 e. The Labute approximate surface area is 316 Å². The highest BCUT2D eigenvalue weighted by molar-refractivity contribution is 6.17. The van der Waals surface area contributed by atoms with Crippen molar-refractivity contribution >= 4 is 76.8 Å². The van der Waals surface area contributed by atoms with E-state index in [2.05, 4.69) is 163 Å². The fourth-order valence-electron chi connectivity index (χ4n) is 8.85. The van der Waals surface area contributed by atoms with Gasteiger partial charge in [0.25, 0.3) is 0 Å². The molecule has 0 saturated carbocycles. The second kappa shape index (κ2) is 11.8. The van der Waals surface area contributed by atoms with Gasteiger partial charge in [-0.25, -0.2) is 9.69 Å². The minimum absolute atomic E-state index is 0.538. The molecule has 0 unspecified atom stereocenters. The van der Waals surface area contributed by atoms with E-state index in [1.807, 2.05) is 36.4 Å². The summed E-state index contributed by atoms with van der Waals surface area (Å²) in [5.41, 5.74) is 12.5. The Morgan fingerprint density at radius 3 is 1.53 bits per heavy atom. The third-order valence-corrected chi connectivity index (χ3v) is 11.1. The van der Waals surface area contributed by atoms with Crippen molar-refractivity contribution in [2.45, 2.75) is 0 Å². The Balaban J connectivity index is 1.18. The van der Waals surface area contributed by atoms with E-state index in [0.29, 0.717) is 11.4 Å². The van der Waals surface area contributed by atoms with E-state index in [4.69, 9.17) is 13.1 Å². The van der Waals surface area contributed by atoms with E-state index in [9.17, 15) is 0 Å². The molecule has 11 aromatic rings. The molecule has 0 fully saturated rings. The Morgan fingerprint density at radius 1 is 0.345 bits per heavy atom. The summed E-state index contributed by atoms with van der Waals surface area (Å²) in [7, 11) is 0. The molecule has 0 N–H and O–H groups in total. The van der Waals surface area contributed by atoms with Crippen molar-refractivity contribution in [3.8, 4) is 28.2 Å². The van der Waals surface area contributed by atoms with E-state index in [1.54, 1.807) is 0 Å². The van der Waals surface area contributed by atoms with Gasteiger partial charge in [0.05, 0.1) is 57.8 Å².